The standard InChI is InChI=1S/C14H24N2O4S/c1-10-12(6-4-8-20-10)14(17)15-9-11-5-3-7-13(11)16-21(2,18)19/h11,13,16H,3-9H2,1-2H3,(H,15,17)/t11-,13+/m1/s1. The number of amides is 1. The van der Waals surface area contributed by atoms with E-state index in [9.17, 15) is 13.2 Å². The van der Waals surface area contributed by atoms with Gasteiger partial charge in [0.05, 0.1) is 18.4 Å². The molecule has 2 aliphatic rings. The summed E-state index contributed by atoms with van der Waals surface area (Å²) in [5.41, 5.74) is 0.715. The molecule has 0 aromatic rings. The van der Waals surface area contributed by atoms with Gasteiger partial charge in [0.15, 0.2) is 0 Å². The average Bonchev–Trinajstić information content (AvgIpc) is 2.81. The molecular formula is C14H24N2O4S. The maximum absolute atomic E-state index is 12.2. The lowest BCUT2D eigenvalue weighted by Gasteiger charge is -2.22. The van der Waals surface area contributed by atoms with Gasteiger partial charge in [0.25, 0.3) is 5.91 Å². The van der Waals surface area contributed by atoms with Gasteiger partial charge in [-0.3, -0.25) is 4.79 Å². The van der Waals surface area contributed by atoms with Crippen LogP contribution >= 0.6 is 0 Å². The summed E-state index contributed by atoms with van der Waals surface area (Å²) in [4.78, 5) is 12.2. The fourth-order valence-electron chi connectivity index (χ4n) is 3.05. The highest BCUT2D eigenvalue weighted by molar-refractivity contribution is 7.88. The highest BCUT2D eigenvalue weighted by atomic mass is 32.2. The van der Waals surface area contributed by atoms with Crippen molar-refractivity contribution in [2.75, 3.05) is 19.4 Å². The predicted molar refractivity (Wildman–Crippen MR) is 80.0 cm³/mol. The molecule has 1 aliphatic carbocycles. The molecule has 1 saturated carbocycles. The van der Waals surface area contributed by atoms with E-state index >= 15 is 0 Å². The molecule has 1 heterocycles. The summed E-state index contributed by atoms with van der Waals surface area (Å²) in [6, 6.07) is -0.0713. The van der Waals surface area contributed by atoms with Crippen molar-refractivity contribution in [3.63, 3.8) is 0 Å². The first-order valence-electron chi connectivity index (χ1n) is 7.45. The van der Waals surface area contributed by atoms with Gasteiger partial charge in [-0.1, -0.05) is 6.42 Å². The monoisotopic (exact) mass is 316 g/mol. The van der Waals surface area contributed by atoms with Gasteiger partial charge < -0.3 is 10.1 Å². The Morgan fingerprint density at radius 2 is 2.10 bits per heavy atom. The lowest BCUT2D eigenvalue weighted by Crippen LogP contribution is -2.42. The minimum atomic E-state index is -3.20. The summed E-state index contributed by atoms with van der Waals surface area (Å²) in [6.07, 6.45) is 5.53. The van der Waals surface area contributed by atoms with Gasteiger partial charge in [-0.2, -0.15) is 0 Å². The molecule has 0 unspecified atom stereocenters. The van der Waals surface area contributed by atoms with Crippen LogP contribution in [0, 0.1) is 5.92 Å². The zero-order valence-corrected chi connectivity index (χ0v) is 13.5. The summed E-state index contributed by atoms with van der Waals surface area (Å²) in [5, 5.41) is 2.93. The Labute approximate surface area is 126 Å². The van der Waals surface area contributed by atoms with E-state index in [1.807, 2.05) is 6.92 Å². The van der Waals surface area contributed by atoms with Crippen molar-refractivity contribution in [2.45, 2.75) is 45.1 Å². The van der Waals surface area contributed by atoms with Gasteiger partial charge in [0.1, 0.15) is 5.76 Å². The predicted octanol–water partition coefficient (Wildman–Crippen LogP) is 0.905. The van der Waals surface area contributed by atoms with E-state index in [-0.39, 0.29) is 17.9 Å². The molecule has 120 valence electrons. The number of rotatable bonds is 5. The fourth-order valence-corrected chi connectivity index (χ4v) is 3.91. The first-order valence-corrected chi connectivity index (χ1v) is 9.34. The van der Waals surface area contributed by atoms with E-state index in [0.717, 1.165) is 32.1 Å². The second kappa shape index (κ2) is 6.79. The molecule has 0 aromatic heterocycles. The second-order valence-corrected chi connectivity index (χ2v) is 7.66. The van der Waals surface area contributed by atoms with Crippen molar-refractivity contribution in [2.24, 2.45) is 5.92 Å². The molecule has 1 fully saturated rings. The SMILES string of the molecule is CC1=C(C(=O)NC[C@H]2CCC[C@@H]2NS(C)(=O)=O)CCCO1. The first kappa shape index (κ1) is 16.3. The van der Waals surface area contributed by atoms with Gasteiger partial charge in [-0.15, -0.1) is 0 Å². The molecule has 2 rings (SSSR count). The van der Waals surface area contributed by atoms with Crippen LogP contribution in [-0.2, 0) is 19.6 Å². The fraction of sp³-hybridized carbons (Fsp3) is 0.786. The zero-order valence-electron chi connectivity index (χ0n) is 12.6. The minimum Gasteiger partial charge on any atom is -0.498 e. The van der Waals surface area contributed by atoms with Crippen LogP contribution < -0.4 is 10.0 Å². The molecular weight excluding hydrogens is 292 g/mol. The van der Waals surface area contributed by atoms with Crippen molar-refractivity contribution in [3.05, 3.63) is 11.3 Å². The molecule has 0 bridgehead atoms. The molecule has 1 amide bonds. The lowest BCUT2D eigenvalue weighted by molar-refractivity contribution is -0.118. The van der Waals surface area contributed by atoms with E-state index in [2.05, 4.69) is 10.0 Å². The number of hydrogen-bond donors (Lipinski definition) is 2. The summed E-state index contributed by atoms with van der Waals surface area (Å²) in [6.45, 7) is 2.99. The van der Waals surface area contributed by atoms with Gasteiger partial charge in [-0.05, 0) is 38.5 Å². The van der Waals surface area contributed by atoms with E-state index in [1.54, 1.807) is 0 Å². The van der Waals surface area contributed by atoms with Crippen LogP contribution in [0.1, 0.15) is 39.0 Å². The van der Waals surface area contributed by atoms with Gasteiger partial charge >= 0.3 is 0 Å². The van der Waals surface area contributed by atoms with Crippen LogP contribution in [0.4, 0.5) is 0 Å². The largest absolute Gasteiger partial charge is 0.498 e. The maximum Gasteiger partial charge on any atom is 0.250 e. The van der Waals surface area contributed by atoms with Gasteiger partial charge in [-0.25, -0.2) is 13.1 Å². The van der Waals surface area contributed by atoms with Crippen LogP contribution in [0.15, 0.2) is 11.3 Å². The van der Waals surface area contributed by atoms with Crippen molar-refractivity contribution < 1.29 is 17.9 Å². The van der Waals surface area contributed by atoms with Crippen molar-refractivity contribution in [1.29, 1.82) is 0 Å². The number of nitrogens with one attached hydrogen (secondary N) is 2. The molecule has 7 heteroatoms. The Bertz CT molecular complexity index is 527. The summed E-state index contributed by atoms with van der Waals surface area (Å²) >= 11 is 0. The van der Waals surface area contributed by atoms with Crippen molar-refractivity contribution >= 4 is 15.9 Å². The summed E-state index contributed by atoms with van der Waals surface area (Å²) < 4.78 is 30.7. The molecule has 6 nitrogen and oxygen atoms in total. The van der Waals surface area contributed by atoms with Crippen molar-refractivity contribution in [1.82, 2.24) is 10.0 Å². The molecule has 0 radical (unpaired) electrons. The minimum absolute atomic E-state index is 0.0713. The molecule has 2 atom stereocenters. The van der Waals surface area contributed by atoms with Crippen LogP contribution in [0.3, 0.4) is 0 Å². The normalized spacial score (nSPS) is 26.6. The van der Waals surface area contributed by atoms with E-state index in [0.29, 0.717) is 24.5 Å². The topological polar surface area (TPSA) is 84.5 Å². The third-order valence-electron chi connectivity index (χ3n) is 4.14. The molecule has 0 spiro atoms. The Balaban J connectivity index is 1.88. The highest BCUT2D eigenvalue weighted by Gasteiger charge is 2.30. The van der Waals surface area contributed by atoms with Crippen LogP contribution in [0.5, 0.6) is 0 Å². The molecule has 0 aromatic carbocycles. The Morgan fingerprint density at radius 1 is 1.33 bits per heavy atom. The zero-order chi connectivity index (χ0) is 15.5. The molecule has 1 aliphatic heterocycles. The number of ether oxygens (including phenoxy) is 1. The van der Waals surface area contributed by atoms with E-state index < -0.39 is 10.0 Å². The Kier molecular flexibility index (Phi) is 5.27. The number of allylic oxidation sites excluding steroid dienone is 1. The highest BCUT2D eigenvalue weighted by Crippen LogP contribution is 2.26. The number of carbonyl (C=O) groups is 1. The van der Waals surface area contributed by atoms with Crippen molar-refractivity contribution in [3.8, 4) is 0 Å². The quantitative estimate of drug-likeness (QED) is 0.789. The second-order valence-electron chi connectivity index (χ2n) is 5.88. The van der Waals surface area contributed by atoms with E-state index in [4.69, 9.17) is 4.74 Å². The Hall–Kier alpha value is -1.08. The molecule has 0 saturated heterocycles. The van der Waals surface area contributed by atoms with Gasteiger partial charge in [0, 0.05) is 12.6 Å². The number of sulfonamides is 1. The molecule has 2 N–H and O–H groups in total. The van der Waals surface area contributed by atoms with E-state index in [1.165, 1.54) is 6.26 Å². The lowest BCUT2D eigenvalue weighted by atomic mass is 10.0. The number of carbonyl (C=O) groups excluding carboxylic acids is 1. The average molecular weight is 316 g/mol. The van der Waals surface area contributed by atoms with Crippen LogP contribution in [0.25, 0.3) is 0 Å². The third kappa shape index (κ3) is 4.71. The summed E-state index contributed by atoms with van der Waals surface area (Å²) in [5.74, 6) is 0.780. The third-order valence-corrected chi connectivity index (χ3v) is 4.87. The Morgan fingerprint density at radius 3 is 2.76 bits per heavy atom. The maximum atomic E-state index is 12.2. The van der Waals surface area contributed by atoms with Crippen LogP contribution in [0.2, 0.25) is 0 Å². The molecule has 21 heavy (non-hydrogen) atoms. The van der Waals surface area contributed by atoms with Gasteiger partial charge in [0.2, 0.25) is 10.0 Å². The number of hydrogen-bond acceptors (Lipinski definition) is 4. The smallest absolute Gasteiger partial charge is 0.250 e. The van der Waals surface area contributed by atoms with Crippen LogP contribution in [-0.4, -0.2) is 39.8 Å². The first-order chi connectivity index (χ1) is 9.87. The summed E-state index contributed by atoms with van der Waals surface area (Å²) in [7, 11) is -3.20.